The lowest BCUT2D eigenvalue weighted by Gasteiger charge is -2.33. The molecule has 3 heterocycles. The second-order valence-electron chi connectivity index (χ2n) is 6.99. The molecule has 1 saturated heterocycles. The first-order chi connectivity index (χ1) is 13.3. The number of hydrogen-bond acceptors (Lipinski definition) is 5. The van der Waals surface area contributed by atoms with E-state index in [-0.39, 0.29) is 11.9 Å². The van der Waals surface area contributed by atoms with Crippen LogP contribution in [0.5, 0.6) is 0 Å². The minimum atomic E-state index is -0.312. The lowest BCUT2D eigenvalue weighted by atomic mass is 10.1. The average molecular weight is 366 g/mol. The predicted molar refractivity (Wildman–Crippen MR) is 105 cm³/mol. The number of aromatic nitrogens is 1. The second-order valence-corrected chi connectivity index (χ2v) is 6.99. The number of carbonyl (C=O) groups excluding carboxylic acids is 1. The molecule has 1 atom stereocenters. The average Bonchev–Trinajstić information content (AvgIpc) is 3.13. The summed E-state index contributed by atoms with van der Waals surface area (Å²) in [7, 11) is 0. The van der Waals surface area contributed by atoms with Crippen LogP contribution in [-0.4, -0.2) is 61.7 Å². The standard InChI is InChI=1S/C21H26N4O2/c26-21(23-9-11-24-10-7-17-4-1-2-6-19(17)24)20(18-5-3-8-22-16-18)25-12-14-27-15-13-25/h1-6,8,16,20H,7,9-15H2,(H,23,26)/t20-/m1/s1. The molecule has 1 fully saturated rings. The van der Waals surface area contributed by atoms with E-state index in [0.29, 0.717) is 19.8 Å². The minimum Gasteiger partial charge on any atom is -0.379 e. The van der Waals surface area contributed by atoms with Crippen LogP contribution in [0.2, 0.25) is 0 Å². The van der Waals surface area contributed by atoms with Gasteiger partial charge in [-0.3, -0.25) is 14.7 Å². The molecule has 0 bridgehead atoms. The number of hydrogen-bond donors (Lipinski definition) is 1. The van der Waals surface area contributed by atoms with Crippen LogP contribution in [0.4, 0.5) is 5.69 Å². The Morgan fingerprint density at radius 2 is 2.00 bits per heavy atom. The number of nitrogens with zero attached hydrogens (tertiary/aromatic N) is 3. The molecule has 1 amide bonds. The summed E-state index contributed by atoms with van der Waals surface area (Å²) in [5.74, 6) is 0.0392. The number of para-hydroxylation sites is 1. The number of ether oxygens (including phenoxy) is 1. The summed E-state index contributed by atoms with van der Waals surface area (Å²) in [5.41, 5.74) is 3.62. The third-order valence-corrected chi connectivity index (χ3v) is 5.32. The summed E-state index contributed by atoms with van der Waals surface area (Å²) < 4.78 is 5.45. The van der Waals surface area contributed by atoms with E-state index in [2.05, 4.69) is 44.4 Å². The van der Waals surface area contributed by atoms with Crippen LogP contribution in [0.25, 0.3) is 0 Å². The molecule has 6 heteroatoms. The van der Waals surface area contributed by atoms with Crippen molar-refractivity contribution >= 4 is 11.6 Å². The molecular weight excluding hydrogens is 340 g/mol. The highest BCUT2D eigenvalue weighted by Crippen LogP contribution is 2.27. The molecule has 0 unspecified atom stereocenters. The van der Waals surface area contributed by atoms with Crippen molar-refractivity contribution in [3.63, 3.8) is 0 Å². The van der Waals surface area contributed by atoms with Crippen LogP contribution in [0.1, 0.15) is 17.2 Å². The van der Waals surface area contributed by atoms with E-state index in [4.69, 9.17) is 4.74 Å². The fraction of sp³-hybridized carbons (Fsp3) is 0.429. The van der Waals surface area contributed by atoms with Crippen LogP contribution in [0, 0.1) is 0 Å². The summed E-state index contributed by atoms with van der Waals surface area (Å²) in [5, 5.41) is 3.15. The van der Waals surface area contributed by atoms with Crippen LogP contribution in [0.3, 0.4) is 0 Å². The molecule has 27 heavy (non-hydrogen) atoms. The van der Waals surface area contributed by atoms with Crippen molar-refractivity contribution in [2.45, 2.75) is 12.5 Å². The van der Waals surface area contributed by atoms with Gasteiger partial charge in [0.15, 0.2) is 0 Å². The molecule has 0 aliphatic carbocycles. The van der Waals surface area contributed by atoms with Gasteiger partial charge in [0.1, 0.15) is 6.04 Å². The van der Waals surface area contributed by atoms with Gasteiger partial charge in [-0.15, -0.1) is 0 Å². The monoisotopic (exact) mass is 366 g/mol. The van der Waals surface area contributed by atoms with Crippen molar-refractivity contribution < 1.29 is 9.53 Å². The zero-order valence-corrected chi connectivity index (χ0v) is 15.5. The maximum Gasteiger partial charge on any atom is 0.242 e. The highest BCUT2D eigenvalue weighted by Gasteiger charge is 2.29. The number of amides is 1. The van der Waals surface area contributed by atoms with E-state index in [9.17, 15) is 4.79 Å². The summed E-state index contributed by atoms with van der Waals surface area (Å²) in [6.07, 6.45) is 4.61. The third kappa shape index (κ3) is 4.12. The Bertz CT molecular complexity index is 762. The van der Waals surface area contributed by atoms with Crippen molar-refractivity contribution in [1.29, 1.82) is 0 Å². The molecule has 0 spiro atoms. The number of benzene rings is 1. The minimum absolute atomic E-state index is 0.0392. The lowest BCUT2D eigenvalue weighted by Crippen LogP contribution is -2.47. The highest BCUT2D eigenvalue weighted by molar-refractivity contribution is 5.83. The van der Waals surface area contributed by atoms with E-state index >= 15 is 0 Å². The second kappa shape index (κ2) is 8.50. The molecule has 1 aromatic carbocycles. The number of carbonyl (C=O) groups is 1. The fourth-order valence-electron chi connectivity index (χ4n) is 3.95. The normalized spacial score (nSPS) is 18.1. The molecular formula is C21H26N4O2. The Hall–Kier alpha value is -2.44. The van der Waals surface area contributed by atoms with Crippen molar-refractivity contribution in [2.24, 2.45) is 0 Å². The smallest absolute Gasteiger partial charge is 0.242 e. The molecule has 2 aliphatic rings. The summed E-state index contributed by atoms with van der Waals surface area (Å²) >= 11 is 0. The number of fused-ring (bicyclic) bond motifs is 1. The van der Waals surface area contributed by atoms with Gasteiger partial charge in [-0.1, -0.05) is 24.3 Å². The highest BCUT2D eigenvalue weighted by atomic mass is 16.5. The zero-order chi connectivity index (χ0) is 18.5. The van der Waals surface area contributed by atoms with Crippen LogP contribution in [0.15, 0.2) is 48.8 Å². The lowest BCUT2D eigenvalue weighted by molar-refractivity contribution is -0.128. The zero-order valence-electron chi connectivity index (χ0n) is 15.5. The van der Waals surface area contributed by atoms with Gasteiger partial charge in [0.05, 0.1) is 13.2 Å². The predicted octanol–water partition coefficient (Wildman–Crippen LogP) is 1.63. The summed E-state index contributed by atoms with van der Waals surface area (Å²) in [4.78, 5) is 21.8. The molecule has 142 valence electrons. The van der Waals surface area contributed by atoms with E-state index in [1.165, 1.54) is 11.3 Å². The third-order valence-electron chi connectivity index (χ3n) is 5.32. The molecule has 6 nitrogen and oxygen atoms in total. The van der Waals surface area contributed by atoms with Crippen molar-refractivity contribution in [3.05, 3.63) is 59.9 Å². The van der Waals surface area contributed by atoms with E-state index in [1.807, 2.05) is 12.1 Å². The summed E-state index contributed by atoms with van der Waals surface area (Å²) in [6.45, 7) is 5.31. The fourth-order valence-corrected chi connectivity index (χ4v) is 3.95. The van der Waals surface area contributed by atoms with Crippen LogP contribution in [-0.2, 0) is 16.0 Å². The Labute approximate surface area is 160 Å². The first-order valence-corrected chi connectivity index (χ1v) is 9.65. The maximum atomic E-state index is 13.0. The van der Waals surface area contributed by atoms with Crippen molar-refractivity contribution in [3.8, 4) is 0 Å². The van der Waals surface area contributed by atoms with Gasteiger partial charge in [-0.25, -0.2) is 0 Å². The number of anilines is 1. The Balaban J connectivity index is 1.39. The first-order valence-electron chi connectivity index (χ1n) is 9.65. The van der Waals surface area contributed by atoms with Gasteiger partial charge in [-0.05, 0) is 29.7 Å². The number of rotatable bonds is 6. The Morgan fingerprint density at radius 1 is 1.15 bits per heavy atom. The Morgan fingerprint density at radius 3 is 2.81 bits per heavy atom. The van der Waals surface area contributed by atoms with Gasteiger partial charge in [0, 0.05) is 50.8 Å². The van der Waals surface area contributed by atoms with Gasteiger partial charge in [-0.2, -0.15) is 0 Å². The molecule has 1 aromatic heterocycles. The maximum absolute atomic E-state index is 13.0. The molecule has 2 aromatic rings. The van der Waals surface area contributed by atoms with Crippen molar-refractivity contribution in [2.75, 3.05) is 50.8 Å². The largest absolute Gasteiger partial charge is 0.379 e. The van der Waals surface area contributed by atoms with Gasteiger partial charge in [0.2, 0.25) is 5.91 Å². The van der Waals surface area contributed by atoms with E-state index < -0.39 is 0 Å². The number of morpholine rings is 1. The SMILES string of the molecule is O=C(NCCN1CCc2ccccc21)[C@@H](c1cccnc1)N1CCOCC1. The number of pyridine rings is 1. The molecule has 1 N–H and O–H groups in total. The van der Waals surface area contributed by atoms with Gasteiger partial charge in [0.25, 0.3) is 0 Å². The molecule has 4 rings (SSSR count). The first kappa shape index (κ1) is 17.9. The molecule has 0 saturated carbocycles. The Kier molecular flexibility index (Phi) is 5.65. The number of nitrogens with one attached hydrogen (secondary N) is 1. The van der Waals surface area contributed by atoms with Crippen molar-refractivity contribution in [1.82, 2.24) is 15.2 Å². The topological polar surface area (TPSA) is 57.7 Å². The van der Waals surface area contributed by atoms with Gasteiger partial charge < -0.3 is 15.0 Å². The van der Waals surface area contributed by atoms with Gasteiger partial charge >= 0.3 is 0 Å². The van der Waals surface area contributed by atoms with E-state index in [1.54, 1.807) is 12.4 Å². The molecule has 2 aliphatic heterocycles. The quantitative estimate of drug-likeness (QED) is 0.842. The van der Waals surface area contributed by atoms with E-state index in [0.717, 1.165) is 38.2 Å². The summed E-state index contributed by atoms with van der Waals surface area (Å²) in [6, 6.07) is 12.1. The van der Waals surface area contributed by atoms with Crippen LogP contribution >= 0.6 is 0 Å². The van der Waals surface area contributed by atoms with Crippen LogP contribution < -0.4 is 10.2 Å². The molecule has 0 radical (unpaired) electrons.